The molecule has 9 nitrogen and oxygen atoms in total. The van der Waals surface area contributed by atoms with Crippen molar-refractivity contribution in [3.05, 3.63) is 58.1 Å². The molecule has 2 atom stereocenters. The van der Waals surface area contributed by atoms with Crippen molar-refractivity contribution >= 4 is 40.7 Å². The first-order valence-electron chi connectivity index (χ1n) is 12.3. The predicted octanol–water partition coefficient (Wildman–Crippen LogP) is 5.06. The van der Waals surface area contributed by atoms with Crippen molar-refractivity contribution in [1.82, 2.24) is 19.9 Å². The summed E-state index contributed by atoms with van der Waals surface area (Å²) in [4.78, 5) is 20.0. The highest BCUT2D eigenvalue weighted by molar-refractivity contribution is 6.35. The van der Waals surface area contributed by atoms with E-state index in [2.05, 4.69) is 43.1 Å². The Morgan fingerprint density at radius 2 is 1.89 bits per heavy atom. The smallest absolute Gasteiger partial charge is 0.238 e. The number of unbranched alkanes of at least 4 members (excludes halogenated alkanes) is 1. The van der Waals surface area contributed by atoms with Crippen molar-refractivity contribution in [2.75, 3.05) is 36.5 Å². The maximum Gasteiger partial charge on any atom is 0.238 e. The Labute approximate surface area is 225 Å². The molecule has 0 radical (unpaired) electrons. The molecule has 3 aromatic rings. The lowest BCUT2D eigenvalue weighted by atomic mass is 9.84. The third kappa shape index (κ3) is 5.72. The predicted molar refractivity (Wildman–Crippen MR) is 142 cm³/mol. The number of hydrogen-bond donors (Lipinski definition) is 1. The zero-order chi connectivity index (χ0) is 25.8. The van der Waals surface area contributed by atoms with Gasteiger partial charge in [-0.05, 0) is 36.6 Å². The van der Waals surface area contributed by atoms with E-state index in [1.807, 2.05) is 12.4 Å². The summed E-state index contributed by atoms with van der Waals surface area (Å²) in [5, 5.41) is 12.8. The van der Waals surface area contributed by atoms with E-state index in [0.717, 1.165) is 30.8 Å². The lowest BCUT2D eigenvalue weighted by molar-refractivity contribution is -0.0769. The average molecular weight is 540 g/mol. The van der Waals surface area contributed by atoms with Crippen molar-refractivity contribution in [1.29, 1.82) is 5.26 Å². The molecule has 4 heterocycles. The van der Waals surface area contributed by atoms with Crippen LogP contribution in [-0.4, -0.2) is 52.3 Å². The Morgan fingerprint density at radius 1 is 1.14 bits per heavy atom. The van der Waals surface area contributed by atoms with E-state index in [-0.39, 0.29) is 23.0 Å². The van der Waals surface area contributed by atoms with Crippen molar-refractivity contribution in [2.45, 2.75) is 32.3 Å². The van der Waals surface area contributed by atoms with Crippen LogP contribution in [0.25, 0.3) is 0 Å². The molecule has 5 rings (SSSR count). The van der Waals surface area contributed by atoms with Gasteiger partial charge < -0.3 is 19.7 Å². The Kier molecular flexibility index (Phi) is 7.89. The molecule has 2 unspecified atom stereocenters. The van der Waals surface area contributed by atoms with Gasteiger partial charge in [-0.1, -0.05) is 36.5 Å². The van der Waals surface area contributed by atoms with Crippen LogP contribution in [-0.2, 0) is 11.2 Å². The Hall–Kier alpha value is -3.19. The number of nitrogens with zero attached hydrogens (tertiary/aromatic N) is 6. The van der Waals surface area contributed by atoms with Gasteiger partial charge >= 0.3 is 0 Å². The number of hydrogen-bond acceptors (Lipinski definition) is 9. The van der Waals surface area contributed by atoms with Crippen LogP contribution in [0.4, 0.5) is 17.5 Å². The number of anilines is 3. The molecule has 2 aliphatic heterocycles. The first-order chi connectivity index (χ1) is 18.1. The monoisotopic (exact) mass is 539 g/mol. The van der Waals surface area contributed by atoms with Crippen molar-refractivity contribution in [2.24, 2.45) is 11.8 Å². The van der Waals surface area contributed by atoms with Gasteiger partial charge in [0, 0.05) is 37.3 Å². The second-order valence-corrected chi connectivity index (χ2v) is 10.1. The number of fused-ring (bicyclic) bond motifs is 2. The van der Waals surface area contributed by atoms with E-state index >= 15 is 0 Å². The lowest BCUT2D eigenvalue weighted by Crippen LogP contribution is -2.58. The molecule has 2 saturated heterocycles. The molecule has 0 saturated carbocycles. The molecule has 0 aliphatic carbocycles. The van der Waals surface area contributed by atoms with Crippen LogP contribution in [0.3, 0.4) is 0 Å². The molecule has 1 aromatic carbocycles. The zero-order valence-corrected chi connectivity index (χ0v) is 21.9. The molecule has 0 amide bonds. The summed E-state index contributed by atoms with van der Waals surface area (Å²) in [6.45, 7) is 4.75. The largest absolute Gasteiger partial charge is 0.472 e. The summed E-state index contributed by atoms with van der Waals surface area (Å²) in [5.74, 6) is 1.61. The van der Waals surface area contributed by atoms with Gasteiger partial charge in [0.25, 0.3) is 0 Å². The third-order valence-corrected chi connectivity index (χ3v) is 7.31. The van der Waals surface area contributed by atoms with Gasteiger partial charge in [0.15, 0.2) is 5.82 Å². The first-order valence-corrected chi connectivity index (χ1v) is 13.1. The fraction of sp³-hybridized carbons (Fsp3) is 0.423. The average Bonchev–Trinajstić information content (AvgIpc) is 2.91. The number of aryl methyl sites for hydroxylation is 1. The van der Waals surface area contributed by atoms with Gasteiger partial charge in [-0.15, -0.1) is 0 Å². The van der Waals surface area contributed by atoms with Gasteiger partial charge in [0.2, 0.25) is 11.8 Å². The van der Waals surface area contributed by atoms with Crippen molar-refractivity contribution in [3.63, 3.8) is 0 Å². The lowest BCUT2D eigenvalue weighted by Gasteiger charge is -2.46. The van der Waals surface area contributed by atoms with E-state index < -0.39 is 0 Å². The summed E-state index contributed by atoms with van der Waals surface area (Å²) < 4.78 is 12.3. The Balaban J connectivity index is 1.29. The van der Waals surface area contributed by atoms with Gasteiger partial charge in [0.1, 0.15) is 17.5 Å². The number of piperidine rings is 1. The van der Waals surface area contributed by atoms with Crippen LogP contribution in [0.5, 0.6) is 5.88 Å². The molecular weight excluding hydrogens is 513 g/mol. The van der Waals surface area contributed by atoms with Crippen LogP contribution < -0.4 is 15.0 Å². The van der Waals surface area contributed by atoms with Gasteiger partial charge in [-0.3, -0.25) is 0 Å². The number of benzene rings is 1. The van der Waals surface area contributed by atoms with Crippen LogP contribution in [0, 0.1) is 23.2 Å². The van der Waals surface area contributed by atoms with Crippen LogP contribution in [0.1, 0.15) is 30.9 Å². The van der Waals surface area contributed by atoms with Crippen LogP contribution in [0.2, 0.25) is 10.0 Å². The summed E-state index contributed by atoms with van der Waals surface area (Å²) in [6.07, 6.45) is 8.43. The molecule has 2 fully saturated rings. The van der Waals surface area contributed by atoms with E-state index in [4.69, 9.17) is 37.9 Å². The summed E-state index contributed by atoms with van der Waals surface area (Å²) in [7, 11) is 0. The molecule has 37 heavy (non-hydrogen) atoms. The number of nitriles is 1. The fourth-order valence-corrected chi connectivity index (χ4v) is 5.16. The molecular formula is C26H27Cl2N7O2. The highest BCUT2D eigenvalue weighted by Gasteiger charge is 2.43. The summed E-state index contributed by atoms with van der Waals surface area (Å²) in [6, 6.07) is 7.01. The number of aromatic nitrogens is 4. The van der Waals surface area contributed by atoms with E-state index in [9.17, 15) is 0 Å². The van der Waals surface area contributed by atoms with Gasteiger partial charge in [-0.25, -0.2) is 19.9 Å². The van der Waals surface area contributed by atoms with Crippen LogP contribution in [0.15, 0.2) is 36.9 Å². The van der Waals surface area contributed by atoms with Gasteiger partial charge in [-0.2, -0.15) is 5.26 Å². The first kappa shape index (κ1) is 25.5. The minimum absolute atomic E-state index is 0.103. The normalized spacial score (nSPS) is 20.8. The molecule has 2 aliphatic rings. The van der Waals surface area contributed by atoms with Gasteiger partial charge in [0.05, 0.1) is 35.6 Å². The topological polar surface area (TPSA) is 109 Å². The highest BCUT2D eigenvalue weighted by atomic mass is 35.5. The van der Waals surface area contributed by atoms with Crippen LogP contribution >= 0.6 is 23.2 Å². The maximum atomic E-state index is 9.06. The molecule has 0 spiro atoms. The van der Waals surface area contributed by atoms with E-state index in [1.54, 1.807) is 18.2 Å². The van der Waals surface area contributed by atoms with Crippen molar-refractivity contribution < 1.29 is 9.47 Å². The molecule has 11 heteroatoms. The van der Waals surface area contributed by atoms with E-state index in [0.29, 0.717) is 54.3 Å². The quantitative estimate of drug-likeness (QED) is 0.419. The minimum atomic E-state index is -0.118. The number of rotatable bonds is 8. The summed E-state index contributed by atoms with van der Waals surface area (Å²) >= 11 is 13.0. The second-order valence-electron chi connectivity index (χ2n) is 9.31. The number of halogens is 2. The third-order valence-electron chi connectivity index (χ3n) is 6.65. The number of ether oxygens (including phenoxy) is 2. The maximum absolute atomic E-state index is 9.06. The number of nitrogens with one attached hydrogen (secondary N) is 1. The molecule has 192 valence electrons. The zero-order valence-electron chi connectivity index (χ0n) is 20.4. The molecule has 1 N–H and O–H groups in total. The fourth-order valence-electron chi connectivity index (χ4n) is 4.74. The SMILES string of the molecule is CCCCc1cnc(N2CC3COCC(C2)C3Oc2ncnc(Nc3ccc(C#N)cc3Cl)c2Cl)nc1. The Bertz CT molecular complexity index is 1270. The Morgan fingerprint density at radius 3 is 2.57 bits per heavy atom. The molecule has 2 bridgehead atoms. The van der Waals surface area contributed by atoms with Crippen molar-refractivity contribution in [3.8, 4) is 11.9 Å². The highest BCUT2D eigenvalue weighted by Crippen LogP contribution is 2.37. The standard InChI is InChI=1S/C26H27Cl2N7O2/c1-2-3-4-17-9-30-26(31-10-17)35-11-18-13-36-14-19(12-35)23(18)37-25-22(28)24(32-15-33-25)34-21-6-5-16(8-29)7-20(21)27/h5-7,9-10,15,18-19,23H,2-4,11-14H2,1H3,(H,32,33,34). The summed E-state index contributed by atoms with van der Waals surface area (Å²) in [5.41, 5.74) is 2.20. The molecule has 2 aromatic heterocycles. The van der Waals surface area contributed by atoms with E-state index in [1.165, 1.54) is 6.33 Å². The second kappa shape index (κ2) is 11.5. The minimum Gasteiger partial charge on any atom is -0.472 e.